The van der Waals surface area contributed by atoms with Crippen molar-refractivity contribution in [1.82, 2.24) is 10.6 Å². The van der Waals surface area contributed by atoms with E-state index in [1.54, 1.807) is 7.05 Å². The smallest absolute Gasteiger partial charge is 0.191 e. The van der Waals surface area contributed by atoms with Gasteiger partial charge in [0, 0.05) is 26.7 Å². The van der Waals surface area contributed by atoms with E-state index in [1.807, 2.05) is 24.3 Å². The second kappa shape index (κ2) is 12.9. The maximum absolute atomic E-state index is 8.84. The Labute approximate surface area is 174 Å². The first-order chi connectivity index (χ1) is 12.3. The molecule has 1 aliphatic carbocycles. The van der Waals surface area contributed by atoms with Crippen molar-refractivity contribution in [3.63, 3.8) is 0 Å². The van der Waals surface area contributed by atoms with Crippen molar-refractivity contribution < 1.29 is 4.74 Å². The highest BCUT2D eigenvalue weighted by Gasteiger charge is 2.24. The van der Waals surface area contributed by atoms with E-state index in [9.17, 15) is 0 Å². The van der Waals surface area contributed by atoms with Crippen LogP contribution in [0, 0.1) is 17.2 Å². The molecule has 0 radical (unpaired) electrons. The number of hydrogen-bond acceptors (Lipinski definition) is 3. The fraction of sp³-hybridized carbons (Fsp3) is 0.600. The predicted octanol–water partition coefficient (Wildman–Crippen LogP) is 3.83. The van der Waals surface area contributed by atoms with Crippen LogP contribution in [0.2, 0.25) is 0 Å². The van der Waals surface area contributed by atoms with Crippen molar-refractivity contribution in [2.45, 2.75) is 51.7 Å². The van der Waals surface area contributed by atoms with Crippen LogP contribution in [0.15, 0.2) is 29.3 Å². The van der Waals surface area contributed by atoms with Crippen LogP contribution in [0.4, 0.5) is 0 Å². The molecule has 0 heterocycles. The average molecular weight is 470 g/mol. The molecule has 5 nitrogen and oxygen atoms in total. The molecule has 2 N–H and O–H groups in total. The van der Waals surface area contributed by atoms with Gasteiger partial charge in [-0.2, -0.15) is 5.26 Å². The quantitative estimate of drug-likeness (QED) is 0.344. The van der Waals surface area contributed by atoms with Crippen LogP contribution in [-0.4, -0.2) is 32.3 Å². The van der Waals surface area contributed by atoms with Crippen LogP contribution < -0.4 is 10.6 Å². The molecule has 1 saturated carbocycles. The van der Waals surface area contributed by atoms with Gasteiger partial charge in [-0.05, 0) is 49.8 Å². The van der Waals surface area contributed by atoms with E-state index < -0.39 is 0 Å². The lowest BCUT2D eigenvalue weighted by Crippen LogP contribution is -2.39. The molecular weight excluding hydrogens is 439 g/mol. The summed E-state index contributed by atoms with van der Waals surface area (Å²) in [7, 11) is 1.78. The third-order valence-electron chi connectivity index (χ3n) is 4.79. The SMILES string of the molecule is CCOC(CCNC(=NC)NCc1ccc(C#N)cc1)C1CCCC1.I. The van der Waals surface area contributed by atoms with Gasteiger partial charge in [0.1, 0.15) is 0 Å². The molecule has 0 amide bonds. The summed E-state index contributed by atoms with van der Waals surface area (Å²) in [5.74, 6) is 1.52. The number of guanidine groups is 1. The minimum atomic E-state index is 0. The van der Waals surface area contributed by atoms with Gasteiger partial charge in [0.2, 0.25) is 0 Å². The summed E-state index contributed by atoms with van der Waals surface area (Å²) in [6.45, 7) is 4.40. The molecule has 0 aliphatic heterocycles. The molecule has 2 rings (SSSR count). The van der Waals surface area contributed by atoms with E-state index in [0.717, 1.165) is 37.0 Å². The minimum absolute atomic E-state index is 0. The average Bonchev–Trinajstić information content (AvgIpc) is 3.18. The normalized spacial score (nSPS) is 15.8. The van der Waals surface area contributed by atoms with Gasteiger partial charge < -0.3 is 15.4 Å². The van der Waals surface area contributed by atoms with Gasteiger partial charge in [0.15, 0.2) is 5.96 Å². The summed E-state index contributed by atoms with van der Waals surface area (Å²) in [5, 5.41) is 15.5. The van der Waals surface area contributed by atoms with Gasteiger partial charge in [0.05, 0.1) is 17.7 Å². The van der Waals surface area contributed by atoms with Gasteiger partial charge in [0.25, 0.3) is 0 Å². The lowest BCUT2D eigenvalue weighted by atomic mass is 9.98. The highest BCUT2D eigenvalue weighted by Crippen LogP contribution is 2.30. The van der Waals surface area contributed by atoms with Gasteiger partial charge in [-0.15, -0.1) is 24.0 Å². The summed E-state index contributed by atoms with van der Waals surface area (Å²) in [6.07, 6.45) is 6.66. The number of ether oxygens (including phenoxy) is 1. The third-order valence-corrected chi connectivity index (χ3v) is 4.79. The van der Waals surface area contributed by atoms with E-state index in [2.05, 4.69) is 28.6 Å². The van der Waals surface area contributed by atoms with Crippen molar-refractivity contribution in [2.24, 2.45) is 10.9 Å². The summed E-state index contributed by atoms with van der Waals surface area (Å²) < 4.78 is 5.97. The molecule has 1 fully saturated rings. The standard InChI is InChI=1S/C20H30N4O.HI/c1-3-25-19(18-6-4-5-7-18)12-13-23-20(22-2)24-15-17-10-8-16(14-21)9-11-17;/h8-11,18-19H,3-7,12-13,15H2,1-2H3,(H2,22,23,24);1H. The van der Waals surface area contributed by atoms with Crippen LogP contribution in [-0.2, 0) is 11.3 Å². The molecule has 6 heteroatoms. The van der Waals surface area contributed by atoms with Crippen LogP contribution >= 0.6 is 24.0 Å². The number of nitrogens with zero attached hydrogens (tertiary/aromatic N) is 2. The number of halogens is 1. The molecule has 144 valence electrons. The first-order valence-electron chi connectivity index (χ1n) is 9.32. The largest absolute Gasteiger partial charge is 0.378 e. The van der Waals surface area contributed by atoms with Crippen LogP contribution in [0.1, 0.15) is 50.2 Å². The van der Waals surface area contributed by atoms with E-state index in [0.29, 0.717) is 18.2 Å². The van der Waals surface area contributed by atoms with E-state index in [-0.39, 0.29) is 24.0 Å². The van der Waals surface area contributed by atoms with Crippen LogP contribution in [0.25, 0.3) is 0 Å². The Bertz CT molecular complexity index is 576. The predicted molar refractivity (Wildman–Crippen MR) is 117 cm³/mol. The Hall–Kier alpha value is -1.33. The van der Waals surface area contributed by atoms with Crippen molar-refractivity contribution in [2.75, 3.05) is 20.2 Å². The van der Waals surface area contributed by atoms with E-state index >= 15 is 0 Å². The fourth-order valence-electron chi connectivity index (χ4n) is 3.43. The Morgan fingerprint density at radius 3 is 2.54 bits per heavy atom. The second-order valence-electron chi connectivity index (χ2n) is 6.49. The summed E-state index contributed by atoms with van der Waals surface area (Å²) in [5.41, 5.74) is 1.81. The molecule has 1 aliphatic rings. The van der Waals surface area contributed by atoms with Gasteiger partial charge in [-0.1, -0.05) is 25.0 Å². The van der Waals surface area contributed by atoms with Crippen molar-refractivity contribution in [3.05, 3.63) is 35.4 Å². The Morgan fingerprint density at radius 1 is 1.27 bits per heavy atom. The fourth-order valence-corrected chi connectivity index (χ4v) is 3.43. The molecular formula is C20H31IN4O. The first-order valence-corrected chi connectivity index (χ1v) is 9.32. The molecule has 0 saturated heterocycles. The zero-order chi connectivity index (χ0) is 17.9. The zero-order valence-corrected chi connectivity index (χ0v) is 18.2. The summed E-state index contributed by atoms with van der Waals surface area (Å²) in [6, 6.07) is 9.73. The van der Waals surface area contributed by atoms with Crippen LogP contribution in [0.3, 0.4) is 0 Å². The Morgan fingerprint density at radius 2 is 1.96 bits per heavy atom. The Balaban J connectivity index is 0.00000338. The monoisotopic (exact) mass is 470 g/mol. The van der Waals surface area contributed by atoms with E-state index in [4.69, 9.17) is 10.00 Å². The molecule has 0 spiro atoms. The molecule has 1 atom stereocenters. The third kappa shape index (κ3) is 7.50. The topological polar surface area (TPSA) is 69.4 Å². The molecule has 0 aromatic heterocycles. The lowest BCUT2D eigenvalue weighted by Gasteiger charge is -2.24. The molecule has 26 heavy (non-hydrogen) atoms. The maximum Gasteiger partial charge on any atom is 0.191 e. The zero-order valence-electron chi connectivity index (χ0n) is 15.8. The molecule has 1 aromatic rings. The minimum Gasteiger partial charge on any atom is -0.378 e. The summed E-state index contributed by atoms with van der Waals surface area (Å²) >= 11 is 0. The maximum atomic E-state index is 8.84. The Kier molecular flexibility index (Phi) is 11.3. The molecule has 1 aromatic carbocycles. The van der Waals surface area contributed by atoms with Crippen molar-refractivity contribution >= 4 is 29.9 Å². The highest BCUT2D eigenvalue weighted by molar-refractivity contribution is 14.0. The second-order valence-corrected chi connectivity index (χ2v) is 6.49. The number of nitrogens with one attached hydrogen (secondary N) is 2. The van der Waals surface area contributed by atoms with Crippen LogP contribution in [0.5, 0.6) is 0 Å². The number of hydrogen-bond donors (Lipinski definition) is 2. The van der Waals surface area contributed by atoms with Crippen molar-refractivity contribution in [1.29, 1.82) is 5.26 Å². The van der Waals surface area contributed by atoms with E-state index in [1.165, 1.54) is 25.7 Å². The van der Waals surface area contributed by atoms with Crippen molar-refractivity contribution in [3.8, 4) is 6.07 Å². The number of rotatable bonds is 8. The molecule has 1 unspecified atom stereocenters. The van der Waals surface area contributed by atoms with Gasteiger partial charge in [-0.3, -0.25) is 4.99 Å². The highest BCUT2D eigenvalue weighted by atomic mass is 127. The number of nitriles is 1. The number of aliphatic imine (C=N–C) groups is 1. The van der Waals surface area contributed by atoms with Gasteiger partial charge in [-0.25, -0.2) is 0 Å². The number of benzene rings is 1. The lowest BCUT2D eigenvalue weighted by molar-refractivity contribution is 0.0169. The van der Waals surface area contributed by atoms with Gasteiger partial charge >= 0.3 is 0 Å². The first kappa shape index (κ1) is 22.7. The molecule has 0 bridgehead atoms. The summed E-state index contributed by atoms with van der Waals surface area (Å²) in [4.78, 5) is 4.28.